The van der Waals surface area contributed by atoms with Gasteiger partial charge in [-0.3, -0.25) is 4.79 Å². The van der Waals surface area contributed by atoms with Gasteiger partial charge in [-0.15, -0.1) is 0 Å². The molecule has 1 heterocycles. The molecule has 2 atom stereocenters. The van der Waals surface area contributed by atoms with Crippen molar-refractivity contribution >= 4 is 17.2 Å². The Kier molecular flexibility index (Phi) is 5.42. The Labute approximate surface area is 192 Å². The van der Waals surface area contributed by atoms with E-state index in [9.17, 15) is 9.90 Å². The van der Waals surface area contributed by atoms with E-state index in [2.05, 4.69) is 10.6 Å². The lowest BCUT2D eigenvalue weighted by atomic mass is 9.78. The van der Waals surface area contributed by atoms with Gasteiger partial charge in [0.1, 0.15) is 5.75 Å². The lowest BCUT2D eigenvalue weighted by Gasteiger charge is -2.30. The topological polar surface area (TPSA) is 79.8 Å². The second-order valence-corrected chi connectivity index (χ2v) is 8.37. The van der Waals surface area contributed by atoms with Gasteiger partial charge in [0.25, 0.3) is 0 Å². The van der Waals surface area contributed by atoms with Crippen LogP contribution >= 0.6 is 0 Å². The summed E-state index contributed by atoms with van der Waals surface area (Å²) < 4.78 is 10.9. The van der Waals surface area contributed by atoms with Gasteiger partial charge in [-0.05, 0) is 59.9 Å². The monoisotopic (exact) mass is 442 g/mol. The van der Waals surface area contributed by atoms with Gasteiger partial charge in [-0.25, -0.2) is 0 Å². The maximum Gasteiger partial charge on any atom is 0.163 e. The molecule has 3 aromatic rings. The molecule has 6 heteroatoms. The highest BCUT2D eigenvalue weighted by Crippen LogP contribution is 2.45. The third kappa shape index (κ3) is 3.89. The number of hydrogen-bond donors (Lipinski definition) is 3. The molecule has 0 saturated heterocycles. The van der Waals surface area contributed by atoms with E-state index in [4.69, 9.17) is 9.47 Å². The van der Waals surface area contributed by atoms with Crippen LogP contribution in [-0.4, -0.2) is 25.1 Å². The van der Waals surface area contributed by atoms with Crippen molar-refractivity contribution in [2.24, 2.45) is 0 Å². The molecule has 2 aliphatic rings. The molecule has 0 fully saturated rings. The molecule has 0 saturated carbocycles. The summed E-state index contributed by atoms with van der Waals surface area (Å²) in [4.78, 5) is 13.6. The van der Waals surface area contributed by atoms with Gasteiger partial charge in [-0.1, -0.05) is 30.3 Å². The van der Waals surface area contributed by atoms with Crippen LogP contribution in [0.25, 0.3) is 0 Å². The van der Waals surface area contributed by atoms with Gasteiger partial charge in [0, 0.05) is 17.7 Å². The third-order valence-corrected chi connectivity index (χ3v) is 6.41. The Bertz CT molecular complexity index is 1230. The summed E-state index contributed by atoms with van der Waals surface area (Å²) >= 11 is 0. The zero-order valence-corrected chi connectivity index (χ0v) is 18.6. The number of hydrogen-bond acceptors (Lipinski definition) is 6. The third-order valence-electron chi connectivity index (χ3n) is 6.41. The van der Waals surface area contributed by atoms with Crippen molar-refractivity contribution in [2.45, 2.75) is 24.8 Å². The highest BCUT2D eigenvalue weighted by Gasteiger charge is 2.36. The summed E-state index contributed by atoms with van der Waals surface area (Å²) in [6.45, 7) is 0. The van der Waals surface area contributed by atoms with E-state index >= 15 is 0 Å². The number of nitrogens with one attached hydrogen (secondary N) is 2. The van der Waals surface area contributed by atoms with Crippen molar-refractivity contribution in [2.75, 3.05) is 24.9 Å². The van der Waals surface area contributed by atoms with Crippen LogP contribution in [-0.2, 0) is 4.79 Å². The molecule has 5 rings (SSSR count). The fraction of sp³-hybridized carbons (Fsp3) is 0.222. The van der Waals surface area contributed by atoms with Gasteiger partial charge in [0.15, 0.2) is 17.3 Å². The standard InChI is InChI=1S/C27H26N2O4/c1-32-24-12-9-17(15-25(24)33-2)18-13-22-26(23(31)14-18)27(16-7-10-19(30)11-8-16)29-21-6-4-3-5-20(21)28-22/h3-12,15,18,27-30H,13-14H2,1-2H3/t18-,27+/m1/s1. The number of phenols is 1. The van der Waals surface area contributed by atoms with Crippen LogP contribution in [0.1, 0.15) is 35.9 Å². The average Bonchev–Trinajstić information content (AvgIpc) is 3.01. The average molecular weight is 443 g/mol. The Morgan fingerprint density at radius 1 is 0.848 bits per heavy atom. The van der Waals surface area contributed by atoms with Gasteiger partial charge >= 0.3 is 0 Å². The van der Waals surface area contributed by atoms with E-state index in [1.54, 1.807) is 26.4 Å². The number of Topliss-reactive ketones (excluding diaryl/α,β-unsaturated/α-hetero) is 1. The minimum absolute atomic E-state index is 0.0225. The number of para-hydroxylation sites is 2. The second kappa shape index (κ2) is 8.54. The highest BCUT2D eigenvalue weighted by atomic mass is 16.5. The van der Waals surface area contributed by atoms with E-state index in [1.807, 2.05) is 54.6 Å². The highest BCUT2D eigenvalue weighted by molar-refractivity contribution is 6.01. The van der Waals surface area contributed by atoms with Crippen LogP contribution in [0, 0.1) is 0 Å². The summed E-state index contributed by atoms with van der Waals surface area (Å²) in [6.07, 6.45) is 1.10. The molecule has 0 aromatic heterocycles. The summed E-state index contributed by atoms with van der Waals surface area (Å²) in [6, 6.07) is 20.5. The normalized spacial score (nSPS) is 19.5. The number of fused-ring (bicyclic) bond motifs is 1. The fourth-order valence-electron chi connectivity index (χ4n) is 4.75. The lowest BCUT2D eigenvalue weighted by Crippen LogP contribution is -2.26. The Morgan fingerprint density at radius 3 is 2.27 bits per heavy atom. The van der Waals surface area contributed by atoms with E-state index in [1.165, 1.54) is 0 Å². The van der Waals surface area contributed by atoms with Crippen molar-refractivity contribution in [3.8, 4) is 17.2 Å². The number of benzene rings is 3. The molecule has 3 aromatic carbocycles. The minimum Gasteiger partial charge on any atom is -0.508 e. The van der Waals surface area contributed by atoms with Crippen LogP contribution in [0.4, 0.5) is 11.4 Å². The predicted octanol–water partition coefficient (Wildman–Crippen LogP) is 5.39. The maximum absolute atomic E-state index is 13.6. The van der Waals surface area contributed by atoms with Crippen molar-refractivity contribution in [3.63, 3.8) is 0 Å². The molecule has 0 bridgehead atoms. The SMILES string of the molecule is COc1ccc([C@H]2CC(=O)C3=C(C2)Nc2ccccc2N[C@H]3c2ccc(O)cc2)cc1OC. The zero-order chi connectivity index (χ0) is 22.9. The first-order valence-corrected chi connectivity index (χ1v) is 11.0. The van der Waals surface area contributed by atoms with E-state index in [0.29, 0.717) is 24.3 Å². The van der Waals surface area contributed by atoms with Crippen LogP contribution in [0.5, 0.6) is 17.2 Å². The van der Waals surface area contributed by atoms with Crippen LogP contribution < -0.4 is 20.1 Å². The number of methoxy groups -OCH3 is 2. The smallest absolute Gasteiger partial charge is 0.163 e. The van der Waals surface area contributed by atoms with Gasteiger partial charge in [-0.2, -0.15) is 0 Å². The minimum atomic E-state index is -0.310. The summed E-state index contributed by atoms with van der Waals surface area (Å²) in [5.41, 5.74) is 5.50. The maximum atomic E-state index is 13.6. The van der Waals surface area contributed by atoms with Crippen molar-refractivity contribution in [1.29, 1.82) is 0 Å². The largest absolute Gasteiger partial charge is 0.508 e. The molecule has 168 valence electrons. The number of anilines is 2. The first-order valence-electron chi connectivity index (χ1n) is 11.0. The van der Waals surface area contributed by atoms with Gasteiger partial charge in [0.2, 0.25) is 0 Å². The number of aromatic hydroxyl groups is 1. The number of ether oxygens (including phenoxy) is 2. The lowest BCUT2D eigenvalue weighted by molar-refractivity contribution is -0.116. The fourth-order valence-corrected chi connectivity index (χ4v) is 4.75. The first-order chi connectivity index (χ1) is 16.1. The zero-order valence-electron chi connectivity index (χ0n) is 18.6. The molecule has 0 radical (unpaired) electrons. The first kappa shape index (κ1) is 20.9. The van der Waals surface area contributed by atoms with Crippen molar-refractivity contribution < 1.29 is 19.4 Å². The molecule has 33 heavy (non-hydrogen) atoms. The number of phenolic OH excluding ortho intramolecular Hbond substituents is 1. The van der Waals surface area contributed by atoms with Gasteiger partial charge < -0.3 is 25.2 Å². The second-order valence-electron chi connectivity index (χ2n) is 8.37. The Hall–Kier alpha value is -3.93. The van der Waals surface area contributed by atoms with E-state index < -0.39 is 0 Å². The number of allylic oxidation sites excluding steroid dienone is 1. The molecule has 3 N–H and O–H groups in total. The Morgan fingerprint density at radius 2 is 1.55 bits per heavy atom. The predicted molar refractivity (Wildman–Crippen MR) is 128 cm³/mol. The molecule has 1 aliphatic carbocycles. The number of rotatable bonds is 4. The summed E-state index contributed by atoms with van der Waals surface area (Å²) in [5.74, 6) is 1.64. The summed E-state index contributed by atoms with van der Waals surface area (Å²) in [7, 11) is 3.23. The molecular weight excluding hydrogens is 416 g/mol. The van der Waals surface area contributed by atoms with Crippen molar-refractivity contribution in [1.82, 2.24) is 0 Å². The van der Waals surface area contributed by atoms with E-state index in [0.717, 1.165) is 33.8 Å². The molecule has 0 unspecified atom stereocenters. The summed E-state index contributed by atoms with van der Waals surface area (Å²) in [5, 5.41) is 16.9. The van der Waals surface area contributed by atoms with Gasteiger partial charge in [0.05, 0.1) is 31.6 Å². The van der Waals surface area contributed by atoms with Crippen LogP contribution in [0.2, 0.25) is 0 Å². The molecule has 0 amide bonds. The molecule has 1 aliphatic heterocycles. The molecule has 6 nitrogen and oxygen atoms in total. The van der Waals surface area contributed by atoms with Crippen LogP contribution in [0.15, 0.2) is 78.0 Å². The number of ketones is 1. The number of carbonyl (C=O) groups is 1. The number of carbonyl (C=O) groups excluding carboxylic acids is 1. The molecular formula is C27H26N2O4. The van der Waals surface area contributed by atoms with Crippen LogP contribution in [0.3, 0.4) is 0 Å². The molecule has 0 spiro atoms. The van der Waals surface area contributed by atoms with Crippen molar-refractivity contribution in [3.05, 3.63) is 89.1 Å². The van der Waals surface area contributed by atoms with E-state index in [-0.39, 0.29) is 23.5 Å². The Balaban J connectivity index is 1.57. The quantitative estimate of drug-likeness (QED) is 0.503.